The van der Waals surface area contributed by atoms with Crippen LogP contribution in [0.15, 0.2) is 40.2 Å². The standard InChI is InChI=1S/C14H12BrNO2S/c15-12-6-5-11(19-12)14(18)16-13-9-4-2-1-3-8(9)7-10(13)17/h1-6,10,13,17H,7H2,(H,16,18)/t10-,13+/m0/s1. The van der Waals surface area contributed by atoms with E-state index in [0.29, 0.717) is 11.3 Å². The maximum Gasteiger partial charge on any atom is 0.261 e. The number of hydrogen-bond acceptors (Lipinski definition) is 3. The van der Waals surface area contributed by atoms with Gasteiger partial charge in [-0.3, -0.25) is 4.79 Å². The number of thiophene rings is 1. The summed E-state index contributed by atoms with van der Waals surface area (Å²) in [5.41, 5.74) is 2.12. The SMILES string of the molecule is O=C(N[C@@H]1c2ccccc2C[C@@H]1O)c1ccc(Br)s1. The lowest BCUT2D eigenvalue weighted by Gasteiger charge is -2.17. The van der Waals surface area contributed by atoms with Crippen LogP contribution in [0.2, 0.25) is 0 Å². The van der Waals surface area contributed by atoms with Crippen LogP contribution >= 0.6 is 27.3 Å². The first kappa shape index (κ1) is 12.8. The number of fused-ring (bicyclic) bond motifs is 1. The molecular weight excluding hydrogens is 326 g/mol. The van der Waals surface area contributed by atoms with Crippen LogP contribution in [0, 0.1) is 0 Å². The number of benzene rings is 1. The molecule has 0 aliphatic heterocycles. The second-order valence-electron chi connectivity index (χ2n) is 4.53. The predicted molar refractivity (Wildman–Crippen MR) is 78.4 cm³/mol. The number of amides is 1. The lowest BCUT2D eigenvalue weighted by molar-refractivity contribution is 0.0862. The molecule has 19 heavy (non-hydrogen) atoms. The number of carbonyl (C=O) groups excluding carboxylic acids is 1. The first-order chi connectivity index (χ1) is 9.15. The number of aliphatic hydroxyl groups excluding tert-OH is 1. The minimum absolute atomic E-state index is 0.142. The topological polar surface area (TPSA) is 49.3 Å². The molecule has 1 heterocycles. The van der Waals surface area contributed by atoms with Crippen molar-refractivity contribution in [3.63, 3.8) is 0 Å². The molecule has 1 aromatic heterocycles. The normalized spacial score (nSPS) is 21.2. The van der Waals surface area contributed by atoms with Gasteiger partial charge in [-0.25, -0.2) is 0 Å². The van der Waals surface area contributed by atoms with Crippen molar-refractivity contribution in [3.05, 3.63) is 56.2 Å². The molecule has 0 radical (unpaired) electrons. The van der Waals surface area contributed by atoms with E-state index in [0.717, 1.165) is 14.9 Å². The number of halogens is 1. The molecule has 98 valence electrons. The molecule has 0 unspecified atom stereocenters. The molecule has 2 aromatic rings. The van der Waals surface area contributed by atoms with E-state index in [4.69, 9.17) is 0 Å². The van der Waals surface area contributed by atoms with E-state index < -0.39 is 6.10 Å². The molecule has 1 aliphatic carbocycles. The average Bonchev–Trinajstić information content (AvgIpc) is 2.95. The third-order valence-electron chi connectivity index (χ3n) is 3.29. The number of aliphatic hydroxyl groups is 1. The van der Waals surface area contributed by atoms with Crippen LogP contribution in [0.4, 0.5) is 0 Å². The highest BCUT2D eigenvalue weighted by Gasteiger charge is 2.32. The van der Waals surface area contributed by atoms with E-state index in [1.54, 1.807) is 6.07 Å². The summed E-state index contributed by atoms with van der Waals surface area (Å²) in [5.74, 6) is -0.142. The quantitative estimate of drug-likeness (QED) is 0.885. The van der Waals surface area contributed by atoms with Crippen molar-refractivity contribution in [1.82, 2.24) is 5.32 Å². The molecule has 3 rings (SSSR count). The van der Waals surface area contributed by atoms with Gasteiger partial charge in [0.1, 0.15) is 0 Å². The van der Waals surface area contributed by atoms with Gasteiger partial charge in [0, 0.05) is 6.42 Å². The van der Waals surface area contributed by atoms with Gasteiger partial charge in [0.15, 0.2) is 0 Å². The third-order valence-corrected chi connectivity index (χ3v) is 4.91. The zero-order chi connectivity index (χ0) is 13.4. The summed E-state index contributed by atoms with van der Waals surface area (Å²) in [6.45, 7) is 0. The Balaban J connectivity index is 1.82. The van der Waals surface area contributed by atoms with E-state index in [2.05, 4.69) is 21.2 Å². The summed E-state index contributed by atoms with van der Waals surface area (Å²) < 4.78 is 0.921. The van der Waals surface area contributed by atoms with Gasteiger partial charge in [0.2, 0.25) is 0 Å². The third kappa shape index (κ3) is 2.45. The Morgan fingerprint density at radius 1 is 1.32 bits per heavy atom. The molecular formula is C14H12BrNO2S. The van der Waals surface area contributed by atoms with E-state index in [1.807, 2.05) is 30.3 Å². The largest absolute Gasteiger partial charge is 0.390 e. The van der Waals surface area contributed by atoms with Crippen LogP contribution in [0.25, 0.3) is 0 Å². The van der Waals surface area contributed by atoms with Gasteiger partial charge < -0.3 is 10.4 Å². The summed E-state index contributed by atoms with van der Waals surface area (Å²) in [5, 5.41) is 13.0. The summed E-state index contributed by atoms with van der Waals surface area (Å²) in [7, 11) is 0. The second kappa shape index (κ2) is 5.07. The minimum Gasteiger partial charge on any atom is -0.390 e. The first-order valence-electron chi connectivity index (χ1n) is 5.97. The maximum absolute atomic E-state index is 12.1. The lowest BCUT2D eigenvalue weighted by Crippen LogP contribution is -2.33. The number of nitrogens with one attached hydrogen (secondary N) is 1. The summed E-state index contributed by atoms with van der Waals surface area (Å²) in [6.07, 6.45) is 0.0414. The molecule has 2 atom stereocenters. The van der Waals surface area contributed by atoms with Crippen LogP contribution in [-0.2, 0) is 6.42 Å². The van der Waals surface area contributed by atoms with Gasteiger partial charge in [-0.1, -0.05) is 24.3 Å². The predicted octanol–water partition coefficient (Wildman–Crippen LogP) is 2.90. The van der Waals surface area contributed by atoms with Crippen molar-refractivity contribution in [3.8, 4) is 0 Å². The average molecular weight is 338 g/mol. The molecule has 1 aromatic carbocycles. The highest BCUT2D eigenvalue weighted by Crippen LogP contribution is 2.32. The Morgan fingerprint density at radius 2 is 2.11 bits per heavy atom. The molecule has 0 fully saturated rings. The molecule has 5 heteroatoms. The van der Waals surface area contributed by atoms with Crippen molar-refractivity contribution in [2.75, 3.05) is 0 Å². The summed E-state index contributed by atoms with van der Waals surface area (Å²) in [4.78, 5) is 12.8. The molecule has 1 amide bonds. The minimum atomic E-state index is -0.551. The molecule has 0 saturated heterocycles. The van der Waals surface area contributed by atoms with E-state index in [9.17, 15) is 9.90 Å². The van der Waals surface area contributed by atoms with E-state index in [-0.39, 0.29) is 11.9 Å². The van der Waals surface area contributed by atoms with Gasteiger partial charge in [-0.15, -0.1) is 11.3 Å². The Kier molecular flexibility index (Phi) is 3.43. The summed E-state index contributed by atoms with van der Waals surface area (Å²) in [6, 6.07) is 11.1. The van der Waals surface area contributed by atoms with Gasteiger partial charge in [-0.2, -0.15) is 0 Å². The molecule has 1 aliphatic rings. The monoisotopic (exact) mass is 337 g/mol. The Labute approximate surface area is 123 Å². The van der Waals surface area contributed by atoms with Gasteiger partial charge in [-0.05, 0) is 39.2 Å². The zero-order valence-corrected chi connectivity index (χ0v) is 12.4. The Bertz CT molecular complexity index is 625. The van der Waals surface area contributed by atoms with Gasteiger partial charge in [0.05, 0.1) is 20.8 Å². The smallest absolute Gasteiger partial charge is 0.261 e. The molecule has 2 N–H and O–H groups in total. The molecule has 3 nitrogen and oxygen atoms in total. The Hall–Kier alpha value is -1.17. The maximum atomic E-state index is 12.1. The van der Waals surface area contributed by atoms with Crippen molar-refractivity contribution in [1.29, 1.82) is 0 Å². The van der Waals surface area contributed by atoms with Crippen LogP contribution in [0.1, 0.15) is 26.8 Å². The fourth-order valence-electron chi connectivity index (χ4n) is 2.40. The number of carbonyl (C=O) groups is 1. The van der Waals surface area contributed by atoms with Crippen LogP contribution in [-0.4, -0.2) is 17.1 Å². The number of rotatable bonds is 2. The molecule has 0 spiro atoms. The van der Waals surface area contributed by atoms with Crippen molar-refractivity contribution in [2.24, 2.45) is 0 Å². The highest BCUT2D eigenvalue weighted by molar-refractivity contribution is 9.11. The molecule has 0 saturated carbocycles. The first-order valence-corrected chi connectivity index (χ1v) is 7.58. The van der Waals surface area contributed by atoms with Crippen LogP contribution < -0.4 is 5.32 Å². The fraction of sp³-hybridized carbons (Fsp3) is 0.214. The van der Waals surface area contributed by atoms with Crippen LogP contribution in [0.5, 0.6) is 0 Å². The zero-order valence-electron chi connectivity index (χ0n) is 9.97. The van der Waals surface area contributed by atoms with Crippen LogP contribution in [0.3, 0.4) is 0 Å². The highest BCUT2D eigenvalue weighted by atomic mass is 79.9. The van der Waals surface area contributed by atoms with E-state index in [1.165, 1.54) is 11.3 Å². The van der Waals surface area contributed by atoms with Crippen molar-refractivity contribution in [2.45, 2.75) is 18.6 Å². The van der Waals surface area contributed by atoms with Crippen molar-refractivity contribution >= 4 is 33.2 Å². The Morgan fingerprint density at radius 3 is 2.84 bits per heavy atom. The number of hydrogen-bond donors (Lipinski definition) is 2. The molecule has 0 bridgehead atoms. The van der Waals surface area contributed by atoms with Gasteiger partial charge in [0.25, 0.3) is 5.91 Å². The van der Waals surface area contributed by atoms with E-state index >= 15 is 0 Å². The second-order valence-corrected chi connectivity index (χ2v) is 6.99. The van der Waals surface area contributed by atoms with Gasteiger partial charge >= 0.3 is 0 Å². The lowest BCUT2D eigenvalue weighted by atomic mass is 10.1. The summed E-state index contributed by atoms with van der Waals surface area (Å²) >= 11 is 4.72. The fourth-order valence-corrected chi connectivity index (χ4v) is 3.69. The van der Waals surface area contributed by atoms with Crippen molar-refractivity contribution < 1.29 is 9.90 Å².